The number of rotatable bonds is 3. The first kappa shape index (κ1) is 12.5. The highest BCUT2D eigenvalue weighted by Gasteiger charge is 2.25. The third-order valence-electron chi connectivity index (χ3n) is 3.54. The second kappa shape index (κ2) is 5.15. The van der Waals surface area contributed by atoms with Crippen molar-refractivity contribution in [2.24, 2.45) is 11.7 Å². The molecule has 3 heteroatoms. The molecule has 1 aromatic carbocycles. The fraction of sp³-hybridized carbons (Fsp3) is 0.500. The molecule has 1 aromatic rings. The molecule has 0 spiro atoms. The van der Waals surface area contributed by atoms with E-state index in [9.17, 15) is 0 Å². The molecule has 0 aliphatic carbocycles. The van der Waals surface area contributed by atoms with Crippen LogP contribution in [0, 0.1) is 5.92 Å². The van der Waals surface area contributed by atoms with E-state index in [4.69, 9.17) is 18.0 Å². The van der Waals surface area contributed by atoms with Crippen LogP contribution in [0.15, 0.2) is 24.3 Å². The highest BCUT2D eigenvalue weighted by atomic mass is 32.1. The number of nitrogens with two attached hydrogens (primary N) is 1. The first-order valence-electron chi connectivity index (χ1n) is 6.19. The molecule has 2 nitrogen and oxygen atoms in total. The molecule has 2 unspecified atom stereocenters. The van der Waals surface area contributed by atoms with E-state index in [0.29, 0.717) is 11.0 Å². The standard InChI is InChI=1S/C14H20N2S/c1-10-7-11(2)16(8-10)9-12-3-5-13(6-4-12)14(15)17/h3-6,10-11H,7-9H2,1-2H3,(H2,15,17). The molecule has 1 saturated heterocycles. The normalized spacial score (nSPS) is 25.1. The van der Waals surface area contributed by atoms with Gasteiger partial charge in [0.25, 0.3) is 0 Å². The topological polar surface area (TPSA) is 29.3 Å². The molecule has 0 amide bonds. The van der Waals surface area contributed by atoms with E-state index >= 15 is 0 Å². The van der Waals surface area contributed by atoms with Crippen LogP contribution in [0.4, 0.5) is 0 Å². The Hall–Kier alpha value is -0.930. The van der Waals surface area contributed by atoms with Crippen molar-refractivity contribution in [3.8, 4) is 0 Å². The lowest BCUT2D eigenvalue weighted by atomic mass is 10.1. The minimum Gasteiger partial charge on any atom is -0.389 e. The smallest absolute Gasteiger partial charge is 0.103 e. The van der Waals surface area contributed by atoms with Crippen molar-refractivity contribution in [3.63, 3.8) is 0 Å². The Balaban J connectivity index is 2.02. The van der Waals surface area contributed by atoms with Crippen molar-refractivity contribution >= 4 is 17.2 Å². The fourth-order valence-corrected chi connectivity index (χ4v) is 2.75. The van der Waals surface area contributed by atoms with Crippen molar-refractivity contribution in [2.45, 2.75) is 32.9 Å². The molecular weight excluding hydrogens is 228 g/mol. The van der Waals surface area contributed by atoms with Crippen LogP contribution in [-0.2, 0) is 6.54 Å². The van der Waals surface area contributed by atoms with Crippen LogP contribution in [0.5, 0.6) is 0 Å². The molecule has 92 valence electrons. The number of hydrogen-bond acceptors (Lipinski definition) is 2. The van der Waals surface area contributed by atoms with Gasteiger partial charge in [0.1, 0.15) is 4.99 Å². The monoisotopic (exact) mass is 248 g/mol. The van der Waals surface area contributed by atoms with E-state index in [-0.39, 0.29) is 0 Å². The summed E-state index contributed by atoms with van der Waals surface area (Å²) in [5.41, 5.74) is 7.88. The Morgan fingerprint density at radius 3 is 2.47 bits per heavy atom. The van der Waals surface area contributed by atoms with Crippen molar-refractivity contribution in [3.05, 3.63) is 35.4 Å². The Bertz CT molecular complexity index is 399. The van der Waals surface area contributed by atoms with Crippen LogP contribution >= 0.6 is 12.2 Å². The first-order chi connectivity index (χ1) is 8.06. The SMILES string of the molecule is CC1CC(C)N(Cc2ccc(C(N)=S)cc2)C1. The maximum atomic E-state index is 5.59. The lowest BCUT2D eigenvalue weighted by Gasteiger charge is -2.21. The van der Waals surface area contributed by atoms with Gasteiger partial charge in [-0.3, -0.25) is 4.90 Å². The lowest BCUT2D eigenvalue weighted by Crippen LogP contribution is -2.26. The van der Waals surface area contributed by atoms with E-state index in [1.165, 1.54) is 18.5 Å². The van der Waals surface area contributed by atoms with Crippen LogP contribution in [0.2, 0.25) is 0 Å². The number of nitrogens with zero attached hydrogens (tertiary/aromatic N) is 1. The molecule has 2 rings (SSSR count). The zero-order valence-electron chi connectivity index (χ0n) is 10.5. The van der Waals surface area contributed by atoms with Crippen molar-refractivity contribution in [1.29, 1.82) is 0 Å². The third-order valence-corrected chi connectivity index (χ3v) is 3.77. The lowest BCUT2D eigenvalue weighted by molar-refractivity contribution is 0.256. The summed E-state index contributed by atoms with van der Waals surface area (Å²) < 4.78 is 0. The van der Waals surface area contributed by atoms with Crippen LogP contribution in [0.25, 0.3) is 0 Å². The second-order valence-corrected chi connectivity index (χ2v) is 5.62. The highest BCUT2D eigenvalue weighted by Crippen LogP contribution is 2.24. The highest BCUT2D eigenvalue weighted by molar-refractivity contribution is 7.80. The average Bonchev–Trinajstić information content (AvgIpc) is 2.58. The molecule has 1 aliphatic rings. The molecule has 1 fully saturated rings. The van der Waals surface area contributed by atoms with E-state index in [1.54, 1.807) is 0 Å². The summed E-state index contributed by atoms with van der Waals surface area (Å²) in [7, 11) is 0. The molecule has 0 bridgehead atoms. The molecule has 2 N–H and O–H groups in total. The van der Waals surface area contributed by atoms with Crippen LogP contribution in [0.3, 0.4) is 0 Å². The van der Waals surface area contributed by atoms with Gasteiger partial charge in [0, 0.05) is 24.7 Å². The van der Waals surface area contributed by atoms with Gasteiger partial charge < -0.3 is 5.73 Å². The second-order valence-electron chi connectivity index (χ2n) is 5.18. The van der Waals surface area contributed by atoms with E-state index in [2.05, 4.69) is 30.9 Å². The Morgan fingerprint density at radius 1 is 1.35 bits per heavy atom. The maximum Gasteiger partial charge on any atom is 0.103 e. The van der Waals surface area contributed by atoms with Gasteiger partial charge in [0.2, 0.25) is 0 Å². The minimum absolute atomic E-state index is 0.472. The van der Waals surface area contributed by atoms with Crippen LogP contribution in [-0.4, -0.2) is 22.5 Å². The first-order valence-corrected chi connectivity index (χ1v) is 6.60. The number of benzene rings is 1. The van der Waals surface area contributed by atoms with Crippen molar-refractivity contribution in [2.75, 3.05) is 6.54 Å². The zero-order chi connectivity index (χ0) is 12.4. The fourth-order valence-electron chi connectivity index (χ4n) is 2.62. The summed E-state index contributed by atoms with van der Waals surface area (Å²) in [5, 5.41) is 0. The summed E-state index contributed by atoms with van der Waals surface area (Å²) in [6.07, 6.45) is 1.31. The largest absolute Gasteiger partial charge is 0.389 e. The quantitative estimate of drug-likeness (QED) is 0.834. The summed E-state index contributed by atoms with van der Waals surface area (Å²) in [6.45, 7) is 6.88. The van der Waals surface area contributed by atoms with Gasteiger partial charge in [-0.25, -0.2) is 0 Å². The predicted molar refractivity (Wildman–Crippen MR) is 76.0 cm³/mol. The molecule has 0 radical (unpaired) electrons. The number of likely N-dealkylation sites (tertiary alicyclic amines) is 1. The van der Waals surface area contributed by atoms with Crippen molar-refractivity contribution < 1.29 is 0 Å². The summed E-state index contributed by atoms with van der Waals surface area (Å²) in [4.78, 5) is 3.01. The van der Waals surface area contributed by atoms with Gasteiger partial charge in [-0.15, -0.1) is 0 Å². The maximum absolute atomic E-state index is 5.59. The van der Waals surface area contributed by atoms with Gasteiger partial charge in [0.05, 0.1) is 0 Å². The number of hydrogen-bond donors (Lipinski definition) is 1. The number of thiocarbonyl (C=S) groups is 1. The van der Waals surface area contributed by atoms with Gasteiger partial charge in [-0.1, -0.05) is 43.4 Å². The predicted octanol–water partition coefficient (Wildman–Crippen LogP) is 2.55. The molecule has 2 atom stereocenters. The van der Waals surface area contributed by atoms with Crippen LogP contribution in [0.1, 0.15) is 31.4 Å². The van der Waals surface area contributed by atoms with E-state index < -0.39 is 0 Å². The molecular formula is C14H20N2S. The Labute approximate surface area is 109 Å². The molecule has 0 aromatic heterocycles. The van der Waals surface area contributed by atoms with Crippen molar-refractivity contribution in [1.82, 2.24) is 4.90 Å². The van der Waals surface area contributed by atoms with Gasteiger partial charge >= 0.3 is 0 Å². The minimum atomic E-state index is 0.472. The molecule has 1 heterocycles. The van der Waals surface area contributed by atoms with Gasteiger partial charge in [0.15, 0.2) is 0 Å². The third kappa shape index (κ3) is 3.05. The van der Waals surface area contributed by atoms with Crippen LogP contribution < -0.4 is 5.73 Å². The van der Waals surface area contributed by atoms with Gasteiger partial charge in [-0.2, -0.15) is 0 Å². The summed E-state index contributed by atoms with van der Waals surface area (Å²) >= 11 is 4.95. The average molecular weight is 248 g/mol. The molecule has 0 saturated carbocycles. The molecule has 1 aliphatic heterocycles. The Morgan fingerprint density at radius 2 is 2.00 bits per heavy atom. The summed E-state index contributed by atoms with van der Waals surface area (Å²) in [6, 6.07) is 8.98. The van der Waals surface area contributed by atoms with Gasteiger partial charge in [-0.05, 0) is 24.8 Å². The van der Waals surface area contributed by atoms with E-state index in [1.807, 2.05) is 12.1 Å². The zero-order valence-corrected chi connectivity index (χ0v) is 11.3. The van der Waals surface area contributed by atoms with E-state index in [0.717, 1.165) is 18.0 Å². The summed E-state index contributed by atoms with van der Waals surface area (Å²) in [5.74, 6) is 0.820. The Kier molecular flexibility index (Phi) is 3.79. The molecule has 17 heavy (non-hydrogen) atoms.